The van der Waals surface area contributed by atoms with Gasteiger partial charge in [0.2, 0.25) is 0 Å². The van der Waals surface area contributed by atoms with E-state index >= 15 is 0 Å². The fourth-order valence-electron chi connectivity index (χ4n) is 2.02. The first kappa shape index (κ1) is 12.3. The molecule has 0 unspecified atom stereocenters. The van der Waals surface area contributed by atoms with Crippen LogP contribution in [0.5, 0.6) is 0 Å². The highest BCUT2D eigenvalue weighted by Gasteiger charge is 2.15. The molecule has 1 saturated heterocycles. The number of piperidine rings is 1. The lowest BCUT2D eigenvalue weighted by Gasteiger charge is -2.29. The molecule has 88 valence electrons. The summed E-state index contributed by atoms with van der Waals surface area (Å²) >= 11 is 0. The van der Waals surface area contributed by atoms with Crippen LogP contribution in [0.4, 0.5) is 0 Å². The fourth-order valence-corrected chi connectivity index (χ4v) is 2.02. The van der Waals surface area contributed by atoms with Crippen LogP contribution in [0.15, 0.2) is 4.99 Å². The summed E-state index contributed by atoms with van der Waals surface area (Å²) in [6.07, 6.45) is 3.95. The Morgan fingerprint density at radius 2 is 2.07 bits per heavy atom. The molecule has 0 spiro atoms. The number of likely N-dealkylation sites (tertiary alicyclic amines) is 1. The largest absolute Gasteiger partial charge is 0.359 e. The molecule has 0 aromatic rings. The molecule has 0 radical (unpaired) electrons. The number of nitrogens with one attached hydrogen (secondary N) is 2. The van der Waals surface area contributed by atoms with Crippen molar-refractivity contribution in [3.63, 3.8) is 0 Å². The summed E-state index contributed by atoms with van der Waals surface area (Å²) in [4.78, 5) is 6.50. The molecule has 1 aliphatic rings. The second-order valence-electron chi connectivity index (χ2n) is 4.28. The van der Waals surface area contributed by atoms with Gasteiger partial charge in [0.15, 0.2) is 5.96 Å². The number of hydrogen-bond donors (Lipinski definition) is 2. The van der Waals surface area contributed by atoms with Gasteiger partial charge in [-0.1, -0.05) is 0 Å². The number of hydrogen-bond acceptors (Lipinski definition) is 2. The van der Waals surface area contributed by atoms with Crippen LogP contribution in [0, 0.1) is 5.92 Å². The maximum absolute atomic E-state index is 4.09. The van der Waals surface area contributed by atoms with Gasteiger partial charge in [-0.25, -0.2) is 0 Å². The normalized spacial score (nSPS) is 20.3. The molecule has 1 rings (SSSR count). The van der Waals surface area contributed by atoms with Crippen molar-refractivity contribution in [1.29, 1.82) is 0 Å². The van der Waals surface area contributed by atoms with Crippen molar-refractivity contribution < 1.29 is 0 Å². The topological polar surface area (TPSA) is 39.7 Å². The van der Waals surface area contributed by atoms with Crippen LogP contribution in [-0.4, -0.2) is 51.6 Å². The van der Waals surface area contributed by atoms with Crippen LogP contribution in [0.2, 0.25) is 0 Å². The summed E-state index contributed by atoms with van der Waals surface area (Å²) in [5.41, 5.74) is 0. The van der Waals surface area contributed by atoms with Crippen molar-refractivity contribution in [2.24, 2.45) is 10.9 Å². The number of aliphatic imine (C=N–C) groups is 1. The molecule has 1 fully saturated rings. The Balaban J connectivity index is 2.10. The van der Waals surface area contributed by atoms with E-state index in [1.54, 1.807) is 7.05 Å². The summed E-state index contributed by atoms with van der Waals surface area (Å²) in [6.45, 7) is 3.54. The number of nitrogens with zero attached hydrogens (tertiary/aromatic N) is 2. The minimum atomic E-state index is 0.892. The summed E-state index contributed by atoms with van der Waals surface area (Å²) in [5.74, 6) is 1.78. The van der Waals surface area contributed by atoms with Crippen molar-refractivity contribution in [3.05, 3.63) is 0 Å². The molecule has 4 heteroatoms. The van der Waals surface area contributed by atoms with Crippen LogP contribution < -0.4 is 10.6 Å². The average molecular weight is 212 g/mol. The lowest BCUT2D eigenvalue weighted by molar-refractivity contribution is 0.213. The molecule has 4 nitrogen and oxygen atoms in total. The van der Waals surface area contributed by atoms with Crippen LogP contribution in [0.1, 0.15) is 19.3 Å². The Morgan fingerprint density at radius 1 is 1.40 bits per heavy atom. The zero-order chi connectivity index (χ0) is 11.1. The van der Waals surface area contributed by atoms with Gasteiger partial charge in [-0.3, -0.25) is 4.99 Å². The monoisotopic (exact) mass is 212 g/mol. The first-order valence-electron chi connectivity index (χ1n) is 5.83. The van der Waals surface area contributed by atoms with Gasteiger partial charge in [-0.05, 0) is 45.3 Å². The fraction of sp³-hybridized carbons (Fsp3) is 0.909. The zero-order valence-electron chi connectivity index (χ0n) is 10.2. The smallest absolute Gasteiger partial charge is 0.190 e. The third-order valence-electron chi connectivity index (χ3n) is 3.14. The van der Waals surface area contributed by atoms with Crippen LogP contribution in [0.25, 0.3) is 0 Å². The first-order chi connectivity index (χ1) is 7.26. The second kappa shape index (κ2) is 6.67. The van der Waals surface area contributed by atoms with E-state index in [9.17, 15) is 0 Å². The van der Waals surface area contributed by atoms with E-state index in [0.29, 0.717) is 0 Å². The minimum absolute atomic E-state index is 0.892. The molecule has 0 bridgehead atoms. The van der Waals surface area contributed by atoms with Crippen LogP contribution in [0.3, 0.4) is 0 Å². The van der Waals surface area contributed by atoms with Crippen molar-refractivity contribution in [2.45, 2.75) is 19.3 Å². The molecule has 0 aromatic heterocycles. The Bertz CT molecular complexity index is 195. The maximum atomic E-state index is 4.09. The van der Waals surface area contributed by atoms with Gasteiger partial charge >= 0.3 is 0 Å². The van der Waals surface area contributed by atoms with Crippen molar-refractivity contribution in [3.8, 4) is 0 Å². The molecule has 0 saturated carbocycles. The highest BCUT2D eigenvalue weighted by atomic mass is 15.1. The summed E-state index contributed by atoms with van der Waals surface area (Å²) in [7, 11) is 5.90. The Labute approximate surface area is 93.1 Å². The van der Waals surface area contributed by atoms with Crippen LogP contribution in [-0.2, 0) is 0 Å². The van der Waals surface area contributed by atoms with Gasteiger partial charge in [0.1, 0.15) is 0 Å². The van der Waals surface area contributed by atoms with Crippen molar-refractivity contribution >= 4 is 5.96 Å². The van der Waals surface area contributed by atoms with E-state index in [1.807, 2.05) is 7.05 Å². The molecule has 0 aliphatic carbocycles. The van der Waals surface area contributed by atoms with Gasteiger partial charge in [-0.15, -0.1) is 0 Å². The third kappa shape index (κ3) is 4.51. The lowest BCUT2D eigenvalue weighted by atomic mass is 9.94. The van der Waals surface area contributed by atoms with Gasteiger partial charge in [0.25, 0.3) is 0 Å². The predicted molar refractivity (Wildman–Crippen MR) is 65.3 cm³/mol. The summed E-state index contributed by atoms with van der Waals surface area (Å²) < 4.78 is 0. The lowest BCUT2D eigenvalue weighted by Crippen LogP contribution is -2.37. The highest BCUT2D eigenvalue weighted by Crippen LogP contribution is 2.18. The molecule has 1 heterocycles. The van der Waals surface area contributed by atoms with Crippen LogP contribution >= 0.6 is 0 Å². The molecular formula is C11H24N4. The SMILES string of the molecule is CN=C(NC)NCCC1CCN(C)CC1. The summed E-state index contributed by atoms with van der Waals surface area (Å²) in [6, 6.07) is 0. The van der Waals surface area contributed by atoms with Gasteiger partial charge < -0.3 is 15.5 Å². The molecular weight excluding hydrogens is 188 g/mol. The standard InChI is InChI=1S/C11H24N4/c1-12-11(13-2)14-7-4-10-5-8-15(3)9-6-10/h10H,4-9H2,1-3H3,(H2,12,13,14). The quantitative estimate of drug-likeness (QED) is 0.529. The van der Waals surface area contributed by atoms with Gasteiger partial charge in [-0.2, -0.15) is 0 Å². The first-order valence-corrected chi connectivity index (χ1v) is 5.83. The van der Waals surface area contributed by atoms with Crippen molar-refractivity contribution in [1.82, 2.24) is 15.5 Å². The predicted octanol–water partition coefficient (Wildman–Crippen LogP) is 0.513. The van der Waals surface area contributed by atoms with E-state index < -0.39 is 0 Å². The van der Waals surface area contributed by atoms with E-state index in [0.717, 1.165) is 18.4 Å². The molecule has 0 amide bonds. The van der Waals surface area contributed by atoms with Gasteiger partial charge in [0.05, 0.1) is 0 Å². The Morgan fingerprint density at radius 3 is 2.60 bits per heavy atom. The molecule has 1 aliphatic heterocycles. The van der Waals surface area contributed by atoms with Crippen molar-refractivity contribution in [2.75, 3.05) is 40.8 Å². The molecule has 0 atom stereocenters. The van der Waals surface area contributed by atoms with Gasteiger partial charge in [0, 0.05) is 20.6 Å². The number of rotatable bonds is 3. The Kier molecular flexibility index (Phi) is 5.47. The molecule has 15 heavy (non-hydrogen) atoms. The average Bonchev–Trinajstić information content (AvgIpc) is 2.27. The van der Waals surface area contributed by atoms with E-state index in [-0.39, 0.29) is 0 Å². The number of guanidine groups is 1. The maximum Gasteiger partial charge on any atom is 0.190 e. The van der Waals surface area contributed by atoms with E-state index in [1.165, 1.54) is 32.4 Å². The van der Waals surface area contributed by atoms with E-state index in [4.69, 9.17) is 0 Å². The third-order valence-corrected chi connectivity index (χ3v) is 3.14. The minimum Gasteiger partial charge on any atom is -0.359 e. The van der Waals surface area contributed by atoms with E-state index in [2.05, 4.69) is 27.6 Å². The summed E-state index contributed by atoms with van der Waals surface area (Å²) in [5, 5.41) is 6.33. The molecule has 0 aromatic carbocycles. The second-order valence-corrected chi connectivity index (χ2v) is 4.28. The highest BCUT2D eigenvalue weighted by molar-refractivity contribution is 5.79. The molecule has 2 N–H and O–H groups in total. The Hall–Kier alpha value is -0.770. The zero-order valence-corrected chi connectivity index (χ0v) is 10.2.